The Balaban J connectivity index is 0.00000264. The van der Waals surface area contributed by atoms with Crippen molar-refractivity contribution < 1.29 is 19.1 Å². The van der Waals surface area contributed by atoms with Crippen LogP contribution in [0.25, 0.3) is 0 Å². The number of rotatable bonds is 7. The second-order valence-electron chi connectivity index (χ2n) is 5.33. The molecule has 128 valence electrons. The summed E-state index contributed by atoms with van der Waals surface area (Å²) < 4.78 is 9.73. The molecule has 1 aromatic carbocycles. The zero-order chi connectivity index (χ0) is 15.8. The van der Waals surface area contributed by atoms with Crippen LogP contribution in [0.15, 0.2) is 24.3 Å². The first-order valence-electron chi connectivity index (χ1n) is 7.47. The zero-order valence-electron chi connectivity index (χ0n) is 13.2. The number of esters is 1. The van der Waals surface area contributed by atoms with Crippen molar-refractivity contribution in [3.8, 4) is 5.75 Å². The van der Waals surface area contributed by atoms with Crippen LogP contribution in [0.4, 0.5) is 5.69 Å². The topological polar surface area (TPSA) is 76.7 Å². The lowest BCUT2D eigenvalue weighted by molar-refractivity contribution is -0.142. The molecule has 2 N–H and O–H groups in total. The van der Waals surface area contributed by atoms with Crippen LogP contribution in [0.2, 0.25) is 0 Å². The fourth-order valence-electron chi connectivity index (χ4n) is 2.36. The van der Waals surface area contributed by atoms with Crippen LogP contribution in [-0.4, -0.2) is 38.7 Å². The van der Waals surface area contributed by atoms with Crippen LogP contribution in [0, 0.1) is 5.92 Å². The lowest BCUT2D eigenvalue weighted by Crippen LogP contribution is -2.15. The number of carbonyl (C=O) groups is 2. The molecule has 0 spiro atoms. The Morgan fingerprint density at radius 2 is 2.04 bits per heavy atom. The summed E-state index contributed by atoms with van der Waals surface area (Å²) in [7, 11) is 1.31. The van der Waals surface area contributed by atoms with Crippen molar-refractivity contribution in [3.63, 3.8) is 0 Å². The predicted molar refractivity (Wildman–Crippen MR) is 90.0 cm³/mol. The molecule has 0 aliphatic carbocycles. The molecule has 2 rings (SSSR count). The molecule has 23 heavy (non-hydrogen) atoms. The van der Waals surface area contributed by atoms with Gasteiger partial charge in [-0.05, 0) is 56.1 Å². The molecule has 1 heterocycles. The van der Waals surface area contributed by atoms with E-state index in [4.69, 9.17) is 4.74 Å². The average molecular weight is 343 g/mol. The van der Waals surface area contributed by atoms with Crippen molar-refractivity contribution in [1.29, 1.82) is 0 Å². The molecule has 7 heteroatoms. The first-order chi connectivity index (χ1) is 10.7. The summed E-state index contributed by atoms with van der Waals surface area (Å²) in [6.07, 6.45) is 2.60. The van der Waals surface area contributed by atoms with Crippen LogP contribution in [0.1, 0.15) is 19.3 Å². The Labute approximate surface area is 142 Å². The molecule has 1 unspecified atom stereocenters. The number of benzene rings is 1. The molecule has 0 bridgehead atoms. The zero-order valence-corrected chi connectivity index (χ0v) is 14.0. The Morgan fingerprint density at radius 3 is 2.65 bits per heavy atom. The summed E-state index contributed by atoms with van der Waals surface area (Å²) in [6.45, 7) is 1.94. The van der Waals surface area contributed by atoms with E-state index >= 15 is 0 Å². The summed E-state index contributed by atoms with van der Waals surface area (Å²) in [5.41, 5.74) is 0.722. The quantitative estimate of drug-likeness (QED) is 0.741. The fraction of sp³-hybridized carbons (Fsp3) is 0.500. The van der Waals surface area contributed by atoms with Crippen LogP contribution < -0.4 is 15.4 Å². The maximum Gasteiger partial charge on any atom is 0.343 e. The summed E-state index contributed by atoms with van der Waals surface area (Å²) in [6, 6.07) is 6.92. The van der Waals surface area contributed by atoms with Gasteiger partial charge in [-0.25, -0.2) is 4.79 Å². The smallest absolute Gasteiger partial charge is 0.343 e. The van der Waals surface area contributed by atoms with Crippen molar-refractivity contribution in [2.24, 2.45) is 5.92 Å². The van der Waals surface area contributed by atoms with E-state index in [9.17, 15) is 9.59 Å². The van der Waals surface area contributed by atoms with Crippen LogP contribution in [0.3, 0.4) is 0 Å². The highest BCUT2D eigenvalue weighted by atomic mass is 35.5. The number of carbonyl (C=O) groups excluding carboxylic acids is 2. The minimum Gasteiger partial charge on any atom is -0.482 e. The van der Waals surface area contributed by atoms with Gasteiger partial charge < -0.3 is 20.1 Å². The number of methoxy groups -OCH3 is 1. The normalized spacial score (nSPS) is 16.3. The summed E-state index contributed by atoms with van der Waals surface area (Å²) >= 11 is 0. The number of anilines is 1. The number of hydrogen-bond donors (Lipinski definition) is 2. The molecule has 1 atom stereocenters. The largest absolute Gasteiger partial charge is 0.482 e. The van der Waals surface area contributed by atoms with E-state index in [0.29, 0.717) is 18.1 Å². The maximum atomic E-state index is 11.9. The van der Waals surface area contributed by atoms with Gasteiger partial charge in [-0.15, -0.1) is 12.4 Å². The second kappa shape index (κ2) is 10.1. The highest BCUT2D eigenvalue weighted by Gasteiger charge is 2.15. The van der Waals surface area contributed by atoms with Crippen LogP contribution >= 0.6 is 12.4 Å². The number of hydrogen-bond acceptors (Lipinski definition) is 5. The lowest BCUT2D eigenvalue weighted by Gasteiger charge is -2.09. The van der Waals surface area contributed by atoms with E-state index in [1.807, 2.05) is 0 Å². The standard InChI is InChI=1S/C16H22N2O4.ClH/c1-21-16(20)11-22-14-5-3-13(4-6-14)18-15(19)7-2-12-8-9-17-10-12;/h3-6,12,17H,2,7-11H2,1H3,(H,18,19);1H. The fourth-order valence-corrected chi connectivity index (χ4v) is 2.36. The Bertz CT molecular complexity index is 501. The van der Waals surface area contributed by atoms with Crippen LogP contribution in [0.5, 0.6) is 5.75 Å². The third-order valence-electron chi connectivity index (χ3n) is 3.66. The highest BCUT2D eigenvalue weighted by Crippen LogP contribution is 2.18. The SMILES string of the molecule is COC(=O)COc1ccc(NC(=O)CCC2CCNC2)cc1.Cl. The van der Waals surface area contributed by atoms with Gasteiger partial charge in [0.25, 0.3) is 0 Å². The first kappa shape index (κ1) is 19.3. The van der Waals surface area contributed by atoms with Gasteiger partial charge in [0.15, 0.2) is 6.61 Å². The van der Waals surface area contributed by atoms with Gasteiger partial charge in [-0.3, -0.25) is 4.79 Å². The minimum absolute atomic E-state index is 0. The van der Waals surface area contributed by atoms with Crippen molar-refractivity contribution in [2.45, 2.75) is 19.3 Å². The Morgan fingerprint density at radius 1 is 1.30 bits per heavy atom. The summed E-state index contributed by atoms with van der Waals surface area (Å²) in [4.78, 5) is 22.9. The molecule has 1 amide bonds. The van der Waals surface area contributed by atoms with E-state index in [1.54, 1.807) is 24.3 Å². The van der Waals surface area contributed by atoms with Crippen molar-refractivity contribution in [1.82, 2.24) is 5.32 Å². The van der Waals surface area contributed by atoms with Gasteiger partial charge in [-0.2, -0.15) is 0 Å². The van der Waals surface area contributed by atoms with Crippen molar-refractivity contribution in [2.75, 3.05) is 32.1 Å². The van der Waals surface area contributed by atoms with E-state index in [0.717, 1.165) is 31.6 Å². The predicted octanol–water partition coefficient (Wildman–Crippen LogP) is 1.99. The molecule has 1 aromatic rings. The molecule has 0 aromatic heterocycles. The molecule has 1 aliphatic rings. The number of amides is 1. The number of halogens is 1. The van der Waals surface area contributed by atoms with E-state index in [2.05, 4.69) is 15.4 Å². The minimum atomic E-state index is -0.432. The van der Waals surface area contributed by atoms with Crippen molar-refractivity contribution >= 4 is 30.0 Å². The Kier molecular flexibility index (Phi) is 8.43. The van der Waals surface area contributed by atoms with Crippen molar-refractivity contribution in [3.05, 3.63) is 24.3 Å². The van der Waals surface area contributed by atoms with Gasteiger partial charge in [0.05, 0.1) is 7.11 Å². The molecule has 1 fully saturated rings. The van der Waals surface area contributed by atoms with Gasteiger partial charge in [0, 0.05) is 12.1 Å². The van der Waals surface area contributed by atoms with Gasteiger partial charge in [0.1, 0.15) is 5.75 Å². The number of ether oxygens (including phenoxy) is 2. The molecule has 0 saturated carbocycles. The molecular formula is C16H23ClN2O4. The lowest BCUT2D eigenvalue weighted by atomic mass is 10.0. The van der Waals surface area contributed by atoms with Crippen LogP contribution in [-0.2, 0) is 14.3 Å². The molecule has 1 saturated heterocycles. The maximum absolute atomic E-state index is 11.9. The monoisotopic (exact) mass is 342 g/mol. The molecule has 0 radical (unpaired) electrons. The summed E-state index contributed by atoms with van der Waals surface area (Å²) in [5, 5.41) is 6.16. The third-order valence-corrected chi connectivity index (χ3v) is 3.66. The molecule has 6 nitrogen and oxygen atoms in total. The molecule has 1 aliphatic heterocycles. The number of nitrogens with one attached hydrogen (secondary N) is 2. The third kappa shape index (κ3) is 6.88. The summed E-state index contributed by atoms with van der Waals surface area (Å²) in [5.74, 6) is 0.759. The Hall–Kier alpha value is -1.79. The average Bonchev–Trinajstić information content (AvgIpc) is 3.05. The van der Waals surface area contributed by atoms with E-state index in [-0.39, 0.29) is 24.9 Å². The van der Waals surface area contributed by atoms with E-state index < -0.39 is 5.97 Å². The highest BCUT2D eigenvalue weighted by molar-refractivity contribution is 5.90. The molecular weight excluding hydrogens is 320 g/mol. The van der Waals surface area contributed by atoms with Gasteiger partial charge in [0.2, 0.25) is 5.91 Å². The van der Waals surface area contributed by atoms with E-state index in [1.165, 1.54) is 7.11 Å². The van der Waals surface area contributed by atoms with Gasteiger partial charge in [-0.1, -0.05) is 0 Å². The second-order valence-corrected chi connectivity index (χ2v) is 5.33. The first-order valence-corrected chi connectivity index (χ1v) is 7.47. The van der Waals surface area contributed by atoms with Gasteiger partial charge >= 0.3 is 5.97 Å².